The van der Waals surface area contributed by atoms with E-state index in [0.29, 0.717) is 6.61 Å². The molecular weight excluding hydrogens is 272 g/mol. The molecule has 0 aliphatic carbocycles. The maximum Gasteiger partial charge on any atom is 0.149 e. The summed E-state index contributed by atoms with van der Waals surface area (Å²) in [6.45, 7) is 0.365. The van der Waals surface area contributed by atoms with Crippen molar-refractivity contribution in [3.63, 3.8) is 0 Å². The molecule has 0 aliphatic rings. The predicted molar refractivity (Wildman–Crippen MR) is 89.3 cm³/mol. The third-order valence-corrected chi connectivity index (χ3v) is 3.35. The van der Waals surface area contributed by atoms with Gasteiger partial charge in [-0.25, -0.2) is 0 Å². The molecule has 0 spiro atoms. The number of hydrogen-bond acceptors (Lipinski definition) is 2. The van der Waals surface area contributed by atoms with Crippen LogP contribution in [0.3, 0.4) is 0 Å². The van der Waals surface area contributed by atoms with Crippen LogP contribution in [0, 0.1) is 11.8 Å². The van der Waals surface area contributed by atoms with Gasteiger partial charge in [-0.1, -0.05) is 42.2 Å². The van der Waals surface area contributed by atoms with E-state index in [1.807, 2.05) is 48.5 Å². The zero-order chi connectivity index (χ0) is 15.2. The number of fused-ring (bicyclic) bond motifs is 1. The first-order valence-electron chi connectivity index (χ1n) is 7.10. The molecule has 108 valence electrons. The van der Waals surface area contributed by atoms with Crippen LogP contribution < -0.4 is 9.47 Å². The lowest BCUT2D eigenvalue weighted by molar-refractivity contribution is 0.371. The average Bonchev–Trinajstić information content (AvgIpc) is 2.59. The lowest BCUT2D eigenvalue weighted by atomic mass is 10.1. The van der Waals surface area contributed by atoms with E-state index in [0.717, 1.165) is 17.1 Å². The van der Waals surface area contributed by atoms with E-state index in [1.54, 1.807) is 7.11 Å². The van der Waals surface area contributed by atoms with Gasteiger partial charge in [0.2, 0.25) is 0 Å². The molecule has 3 aromatic carbocycles. The fourth-order valence-corrected chi connectivity index (χ4v) is 2.19. The first kappa shape index (κ1) is 14.0. The Morgan fingerprint density at radius 3 is 2.32 bits per heavy atom. The minimum absolute atomic E-state index is 0.365. The fourth-order valence-electron chi connectivity index (χ4n) is 2.19. The monoisotopic (exact) mass is 288 g/mol. The zero-order valence-corrected chi connectivity index (χ0v) is 12.4. The maximum atomic E-state index is 5.68. The van der Waals surface area contributed by atoms with Gasteiger partial charge >= 0.3 is 0 Å². The van der Waals surface area contributed by atoms with E-state index in [9.17, 15) is 0 Å². The number of hydrogen-bond donors (Lipinski definition) is 0. The summed E-state index contributed by atoms with van der Waals surface area (Å²) in [5.41, 5.74) is 0.947. The van der Waals surface area contributed by atoms with Crippen LogP contribution in [0.4, 0.5) is 0 Å². The van der Waals surface area contributed by atoms with Crippen molar-refractivity contribution in [2.45, 2.75) is 0 Å². The first-order valence-corrected chi connectivity index (χ1v) is 7.10. The third-order valence-electron chi connectivity index (χ3n) is 3.35. The van der Waals surface area contributed by atoms with Gasteiger partial charge in [-0.3, -0.25) is 0 Å². The van der Waals surface area contributed by atoms with Crippen LogP contribution >= 0.6 is 0 Å². The van der Waals surface area contributed by atoms with Gasteiger partial charge in [0, 0.05) is 5.56 Å². The van der Waals surface area contributed by atoms with E-state index >= 15 is 0 Å². The largest absolute Gasteiger partial charge is 0.497 e. The standard InChI is InChI=1S/C20H16O2/c1-21-19-11-8-16(9-12-19)5-4-14-22-20-13-10-17-6-2-3-7-18(17)15-20/h2-3,6-13,15H,14H2,1H3. The van der Waals surface area contributed by atoms with E-state index in [2.05, 4.69) is 30.0 Å². The molecule has 0 bridgehead atoms. The molecule has 0 radical (unpaired) electrons. The highest BCUT2D eigenvalue weighted by Crippen LogP contribution is 2.20. The fraction of sp³-hybridized carbons (Fsp3) is 0.100. The van der Waals surface area contributed by atoms with E-state index in [1.165, 1.54) is 10.8 Å². The Morgan fingerprint density at radius 2 is 1.55 bits per heavy atom. The molecule has 0 fully saturated rings. The van der Waals surface area contributed by atoms with Crippen molar-refractivity contribution in [3.8, 4) is 23.3 Å². The van der Waals surface area contributed by atoms with Crippen LogP contribution in [0.5, 0.6) is 11.5 Å². The summed E-state index contributed by atoms with van der Waals surface area (Å²) in [6.07, 6.45) is 0. The molecule has 0 aromatic heterocycles. The average molecular weight is 288 g/mol. The third kappa shape index (κ3) is 3.39. The molecule has 2 nitrogen and oxygen atoms in total. The SMILES string of the molecule is COc1ccc(C#CCOc2ccc3ccccc3c2)cc1. The second-order valence-corrected chi connectivity index (χ2v) is 4.83. The molecule has 3 aromatic rings. The number of ether oxygens (including phenoxy) is 2. The number of methoxy groups -OCH3 is 1. The van der Waals surface area contributed by atoms with Gasteiger partial charge in [0.25, 0.3) is 0 Å². The second kappa shape index (κ2) is 6.69. The van der Waals surface area contributed by atoms with Crippen LogP contribution in [-0.4, -0.2) is 13.7 Å². The van der Waals surface area contributed by atoms with Crippen molar-refractivity contribution in [1.82, 2.24) is 0 Å². The van der Waals surface area contributed by atoms with E-state index in [4.69, 9.17) is 9.47 Å². The quantitative estimate of drug-likeness (QED) is 0.670. The number of rotatable bonds is 3. The van der Waals surface area contributed by atoms with Gasteiger partial charge in [-0.05, 0) is 47.2 Å². The highest BCUT2D eigenvalue weighted by Gasteiger charge is 1.95. The summed E-state index contributed by atoms with van der Waals surface area (Å²) in [7, 11) is 1.65. The molecule has 2 heteroatoms. The minimum Gasteiger partial charge on any atom is -0.497 e. The molecule has 0 aliphatic heterocycles. The van der Waals surface area contributed by atoms with Crippen LogP contribution in [0.15, 0.2) is 66.7 Å². The van der Waals surface area contributed by atoms with Crippen molar-refractivity contribution in [2.75, 3.05) is 13.7 Å². The van der Waals surface area contributed by atoms with Gasteiger partial charge in [0.05, 0.1) is 7.11 Å². The zero-order valence-electron chi connectivity index (χ0n) is 12.4. The minimum atomic E-state index is 0.365. The van der Waals surface area contributed by atoms with E-state index < -0.39 is 0 Å². The van der Waals surface area contributed by atoms with Gasteiger partial charge in [0.1, 0.15) is 18.1 Å². The van der Waals surface area contributed by atoms with E-state index in [-0.39, 0.29) is 0 Å². The Morgan fingerprint density at radius 1 is 0.818 bits per heavy atom. The molecule has 0 unspecified atom stereocenters. The Balaban J connectivity index is 1.63. The molecule has 22 heavy (non-hydrogen) atoms. The summed E-state index contributed by atoms with van der Waals surface area (Å²) in [4.78, 5) is 0. The molecule has 0 heterocycles. The molecule has 0 saturated heterocycles. The molecule has 3 rings (SSSR count). The van der Waals surface area contributed by atoms with Gasteiger partial charge in [-0.15, -0.1) is 0 Å². The van der Waals surface area contributed by atoms with Crippen LogP contribution in [0.2, 0.25) is 0 Å². The number of benzene rings is 3. The van der Waals surface area contributed by atoms with Crippen LogP contribution in [-0.2, 0) is 0 Å². The van der Waals surface area contributed by atoms with Crippen molar-refractivity contribution < 1.29 is 9.47 Å². The highest BCUT2D eigenvalue weighted by molar-refractivity contribution is 5.83. The molecular formula is C20H16O2. The Labute approximate surface area is 130 Å². The van der Waals surface area contributed by atoms with Crippen LogP contribution in [0.1, 0.15) is 5.56 Å². The van der Waals surface area contributed by atoms with Gasteiger partial charge < -0.3 is 9.47 Å². The Bertz CT molecular complexity index is 823. The van der Waals surface area contributed by atoms with Crippen molar-refractivity contribution in [2.24, 2.45) is 0 Å². The van der Waals surface area contributed by atoms with Gasteiger partial charge in [0.15, 0.2) is 0 Å². The molecule has 0 N–H and O–H groups in total. The predicted octanol–water partition coefficient (Wildman–Crippen LogP) is 4.28. The Hall–Kier alpha value is -2.92. The summed E-state index contributed by atoms with van der Waals surface area (Å²) in [5, 5.41) is 2.38. The highest BCUT2D eigenvalue weighted by atomic mass is 16.5. The smallest absolute Gasteiger partial charge is 0.149 e. The molecule has 0 atom stereocenters. The van der Waals surface area contributed by atoms with Crippen molar-refractivity contribution in [3.05, 3.63) is 72.3 Å². The second-order valence-electron chi connectivity index (χ2n) is 4.83. The lowest BCUT2D eigenvalue weighted by Gasteiger charge is -2.03. The summed E-state index contributed by atoms with van der Waals surface area (Å²) in [5.74, 6) is 7.76. The normalized spacial score (nSPS) is 9.86. The lowest BCUT2D eigenvalue weighted by Crippen LogP contribution is -1.93. The summed E-state index contributed by atoms with van der Waals surface area (Å²) in [6, 6.07) is 21.9. The topological polar surface area (TPSA) is 18.5 Å². The molecule has 0 saturated carbocycles. The summed E-state index contributed by atoms with van der Waals surface area (Å²) < 4.78 is 10.8. The maximum absolute atomic E-state index is 5.68. The Kier molecular flexibility index (Phi) is 4.27. The van der Waals surface area contributed by atoms with Crippen molar-refractivity contribution >= 4 is 10.8 Å². The molecule has 0 amide bonds. The first-order chi connectivity index (χ1) is 10.8. The van der Waals surface area contributed by atoms with Crippen molar-refractivity contribution in [1.29, 1.82) is 0 Å². The van der Waals surface area contributed by atoms with Crippen LogP contribution in [0.25, 0.3) is 10.8 Å². The summed E-state index contributed by atoms with van der Waals surface area (Å²) >= 11 is 0. The van der Waals surface area contributed by atoms with Gasteiger partial charge in [-0.2, -0.15) is 0 Å².